The van der Waals surface area contributed by atoms with Gasteiger partial charge in [-0.15, -0.1) is 0 Å². The molecule has 0 unspecified atom stereocenters. The summed E-state index contributed by atoms with van der Waals surface area (Å²) in [7, 11) is 1.95. The molecule has 0 aromatic carbocycles. The van der Waals surface area contributed by atoms with Gasteiger partial charge in [-0.1, -0.05) is 12.8 Å². The standard InChI is InChI=1S/C13H18N2O2/c1-9-7-8-11(13(16)17)12(14-9)15(2)10-5-3-4-6-10/h7-8,10H,3-6H2,1-2H3,(H,16,17). The number of hydrogen-bond acceptors (Lipinski definition) is 3. The van der Waals surface area contributed by atoms with Crippen LogP contribution in [0.1, 0.15) is 41.7 Å². The highest BCUT2D eigenvalue weighted by Crippen LogP contribution is 2.28. The van der Waals surface area contributed by atoms with Crippen LogP contribution in [0.4, 0.5) is 5.82 Å². The van der Waals surface area contributed by atoms with Gasteiger partial charge in [-0.3, -0.25) is 0 Å². The van der Waals surface area contributed by atoms with E-state index in [2.05, 4.69) is 4.98 Å². The molecule has 0 saturated heterocycles. The molecule has 1 aliphatic carbocycles. The molecule has 0 aliphatic heterocycles. The van der Waals surface area contributed by atoms with Crippen molar-refractivity contribution in [2.75, 3.05) is 11.9 Å². The van der Waals surface area contributed by atoms with Crippen LogP contribution >= 0.6 is 0 Å². The van der Waals surface area contributed by atoms with Crippen molar-refractivity contribution in [1.82, 2.24) is 4.98 Å². The van der Waals surface area contributed by atoms with E-state index in [1.807, 2.05) is 18.9 Å². The van der Waals surface area contributed by atoms with Crippen molar-refractivity contribution < 1.29 is 9.90 Å². The minimum absolute atomic E-state index is 0.296. The molecular weight excluding hydrogens is 216 g/mol. The molecule has 4 nitrogen and oxygen atoms in total. The van der Waals surface area contributed by atoms with E-state index in [0.717, 1.165) is 18.5 Å². The highest BCUT2D eigenvalue weighted by molar-refractivity contribution is 5.93. The molecule has 1 fully saturated rings. The van der Waals surface area contributed by atoms with Gasteiger partial charge in [-0.25, -0.2) is 9.78 Å². The first-order valence-corrected chi connectivity index (χ1v) is 6.03. The molecular formula is C13H18N2O2. The molecule has 2 rings (SSSR count). The Balaban J connectivity index is 2.34. The first-order chi connectivity index (χ1) is 8.09. The second kappa shape index (κ2) is 4.73. The number of carboxylic acid groups (broad SMARTS) is 1. The van der Waals surface area contributed by atoms with Gasteiger partial charge in [0.2, 0.25) is 0 Å². The third-order valence-corrected chi connectivity index (χ3v) is 3.45. The van der Waals surface area contributed by atoms with Crippen molar-refractivity contribution in [1.29, 1.82) is 0 Å². The highest BCUT2D eigenvalue weighted by atomic mass is 16.4. The fourth-order valence-corrected chi connectivity index (χ4v) is 2.44. The molecule has 0 amide bonds. The van der Waals surface area contributed by atoms with E-state index in [0.29, 0.717) is 17.4 Å². The number of hydrogen-bond donors (Lipinski definition) is 1. The Labute approximate surface area is 101 Å². The van der Waals surface area contributed by atoms with Crippen molar-refractivity contribution in [3.8, 4) is 0 Å². The quantitative estimate of drug-likeness (QED) is 0.872. The molecule has 1 saturated carbocycles. The monoisotopic (exact) mass is 234 g/mol. The molecule has 1 aromatic rings. The zero-order chi connectivity index (χ0) is 12.4. The summed E-state index contributed by atoms with van der Waals surface area (Å²) in [5, 5.41) is 9.18. The summed E-state index contributed by atoms with van der Waals surface area (Å²) in [4.78, 5) is 17.6. The number of anilines is 1. The minimum Gasteiger partial charge on any atom is -0.478 e. The van der Waals surface area contributed by atoms with Crippen LogP contribution < -0.4 is 4.90 Å². The Kier molecular flexibility index (Phi) is 3.31. The average Bonchev–Trinajstić information content (AvgIpc) is 2.80. The molecule has 92 valence electrons. The first-order valence-electron chi connectivity index (χ1n) is 6.03. The van der Waals surface area contributed by atoms with Crippen molar-refractivity contribution in [2.24, 2.45) is 0 Å². The zero-order valence-electron chi connectivity index (χ0n) is 10.3. The van der Waals surface area contributed by atoms with E-state index in [4.69, 9.17) is 0 Å². The van der Waals surface area contributed by atoms with Crippen LogP contribution in [0.5, 0.6) is 0 Å². The van der Waals surface area contributed by atoms with Crippen LogP contribution in [0, 0.1) is 6.92 Å². The van der Waals surface area contributed by atoms with Gasteiger partial charge in [0.15, 0.2) is 0 Å². The lowest BCUT2D eigenvalue weighted by atomic mass is 10.1. The summed E-state index contributed by atoms with van der Waals surface area (Å²) in [6.07, 6.45) is 4.71. The normalized spacial score (nSPS) is 16.1. The Morgan fingerprint density at radius 1 is 1.41 bits per heavy atom. The van der Waals surface area contributed by atoms with Crippen LogP contribution in [-0.2, 0) is 0 Å². The molecule has 1 heterocycles. The molecule has 1 N–H and O–H groups in total. The molecule has 4 heteroatoms. The van der Waals surface area contributed by atoms with Gasteiger partial charge in [0, 0.05) is 18.8 Å². The fraction of sp³-hybridized carbons (Fsp3) is 0.538. The van der Waals surface area contributed by atoms with Crippen molar-refractivity contribution in [3.63, 3.8) is 0 Å². The largest absolute Gasteiger partial charge is 0.478 e. The Bertz CT molecular complexity index is 425. The van der Waals surface area contributed by atoms with Gasteiger partial charge in [-0.05, 0) is 31.9 Å². The van der Waals surface area contributed by atoms with E-state index in [9.17, 15) is 9.90 Å². The van der Waals surface area contributed by atoms with Gasteiger partial charge in [0.1, 0.15) is 11.4 Å². The lowest BCUT2D eigenvalue weighted by Crippen LogP contribution is -2.31. The van der Waals surface area contributed by atoms with Crippen LogP contribution in [0.3, 0.4) is 0 Å². The molecule has 0 atom stereocenters. The van der Waals surface area contributed by atoms with E-state index >= 15 is 0 Å². The lowest BCUT2D eigenvalue weighted by molar-refractivity contribution is 0.0697. The van der Waals surface area contributed by atoms with E-state index in [1.165, 1.54) is 12.8 Å². The van der Waals surface area contributed by atoms with E-state index in [-0.39, 0.29) is 0 Å². The maximum atomic E-state index is 11.2. The molecule has 1 aromatic heterocycles. The summed E-state index contributed by atoms with van der Waals surface area (Å²) >= 11 is 0. The second-order valence-electron chi connectivity index (χ2n) is 4.68. The number of aromatic nitrogens is 1. The SMILES string of the molecule is Cc1ccc(C(=O)O)c(N(C)C2CCCC2)n1. The maximum absolute atomic E-state index is 11.2. The van der Waals surface area contributed by atoms with E-state index in [1.54, 1.807) is 12.1 Å². The van der Waals surface area contributed by atoms with Gasteiger partial charge >= 0.3 is 5.97 Å². The number of nitrogens with zero attached hydrogens (tertiary/aromatic N) is 2. The number of carboxylic acids is 1. The molecule has 1 aliphatic rings. The average molecular weight is 234 g/mol. The third-order valence-electron chi connectivity index (χ3n) is 3.45. The van der Waals surface area contributed by atoms with Gasteiger partial charge in [0.25, 0.3) is 0 Å². The summed E-state index contributed by atoms with van der Waals surface area (Å²) in [6.45, 7) is 1.89. The zero-order valence-corrected chi connectivity index (χ0v) is 10.3. The predicted octanol–water partition coefficient (Wildman–Crippen LogP) is 2.47. The van der Waals surface area contributed by atoms with Crippen molar-refractivity contribution in [3.05, 3.63) is 23.4 Å². The van der Waals surface area contributed by atoms with Crippen LogP contribution in [0.2, 0.25) is 0 Å². The second-order valence-corrected chi connectivity index (χ2v) is 4.68. The van der Waals surface area contributed by atoms with E-state index < -0.39 is 5.97 Å². The summed E-state index contributed by atoms with van der Waals surface area (Å²) in [6, 6.07) is 3.82. The van der Waals surface area contributed by atoms with Gasteiger partial charge < -0.3 is 10.0 Å². The fourth-order valence-electron chi connectivity index (χ4n) is 2.44. The number of aryl methyl sites for hydroxylation is 1. The lowest BCUT2D eigenvalue weighted by Gasteiger charge is -2.26. The molecule has 0 spiro atoms. The number of aromatic carboxylic acids is 1. The van der Waals surface area contributed by atoms with Crippen molar-refractivity contribution >= 4 is 11.8 Å². The van der Waals surface area contributed by atoms with Crippen LogP contribution in [-0.4, -0.2) is 29.1 Å². The summed E-state index contributed by atoms with van der Waals surface area (Å²) in [5.41, 5.74) is 1.15. The smallest absolute Gasteiger partial charge is 0.339 e. The predicted molar refractivity (Wildman–Crippen MR) is 66.6 cm³/mol. The van der Waals surface area contributed by atoms with Gasteiger partial charge in [-0.2, -0.15) is 0 Å². The Morgan fingerprint density at radius 2 is 2.06 bits per heavy atom. The summed E-state index contributed by atoms with van der Waals surface area (Å²) in [5.74, 6) is -0.304. The third kappa shape index (κ3) is 2.40. The van der Waals surface area contributed by atoms with Crippen LogP contribution in [0.25, 0.3) is 0 Å². The number of pyridine rings is 1. The van der Waals surface area contributed by atoms with Crippen molar-refractivity contribution in [2.45, 2.75) is 38.6 Å². The number of rotatable bonds is 3. The summed E-state index contributed by atoms with van der Waals surface area (Å²) < 4.78 is 0. The molecule has 17 heavy (non-hydrogen) atoms. The Morgan fingerprint density at radius 3 is 2.65 bits per heavy atom. The van der Waals surface area contributed by atoms with Crippen LogP contribution in [0.15, 0.2) is 12.1 Å². The molecule has 0 bridgehead atoms. The van der Waals surface area contributed by atoms with Gasteiger partial charge in [0.05, 0.1) is 0 Å². The highest BCUT2D eigenvalue weighted by Gasteiger charge is 2.24. The topological polar surface area (TPSA) is 53.4 Å². The number of carbonyl (C=O) groups is 1. The molecule has 0 radical (unpaired) electrons. The maximum Gasteiger partial charge on any atom is 0.339 e. The first kappa shape index (κ1) is 11.9. The minimum atomic E-state index is -0.905. The Hall–Kier alpha value is -1.58.